The van der Waals surface area contributed by atoms with Crippen LogP contribution in [0.3, 0.4) is 0 Å². The number of H-pyrrole nitrogens is 1. The van der Waals surface area contributed by atoms with E-state index < -0.39 is 10.0 Å². The maximum atomic E-state index is 13.2. The Balaban J connectivity index is 1.60. The van der Waals surface area contributed by atoms with Gasteiger partial charge in [-0.3, -0.25) is 0 Å². The Bertz CT molecular complexity index is 1380. The highest BCUT2D eigenvalue weighted by Crippen LogP contribution is 2.32. The molecule has 0 aliphatic carbocycles. The van der Waals surface area contributed by atoms with Crippen LogP contribution in [-0.2, 0) is 14.8 Å². The molecule has 0 aliphatic heterocycles. The van der Waals surface area contributed by atoms with Gasteiger partial charge in [-0.05, 0) is 60.0 Å². The van der Waals surface area contributed by atoms with Crippen LogP contribution in [0.2, 0.25) is 0 Å². The second-order valence-corrected chi connectivity index (χ2v) is 10.0. The number of aromatic amines is 1. The molecular weight excluding hydrogens is 464 g/mol. The molecular formula is C27H30N2O5S. The molecule has 0 radical (unpaired) electrons. The summed E-state index contributed by atoms with van der Waals surface area (Å²) in [5.41, 5.74) is 3.75. The van der Waals surface area contributed by atoms with E-state index in [1.165, 1.54) is 0 Å². The molecule has 0 saturated heterocycles. The lowest BCUT2D eigenvalue weighted by Gasteiger charge is -2.19. The second kappa shape index (κ2) is 10.9. The molecule has 7 nitrogen and oxygen atoms in total. The molecule has 0 aliphatic rings. The zero-order valence-corrected chi connectivity index (χ0v) is 20.9. The number of fused-ring (bicyclic) bond motifs is 1. The average molecular weight is 495 g/mol. The summed E-state index contributed by atoms with van der Waals surface area (Å²) in [4.78, 5) is 3.50. The number of benzene rings is 3. The number of nitrogens with one attached hydrogen (secondary N) is 2. The summed E-state index contributed by atoms with van der Waals surface area (Å²) in [6.45, 7) is 2.88. The van der Waals surface area contributed by atoms with E-state index in [4.69, 9.17) is 14.2 Å². The number of hydrogen-bond donors (Lipinski definition) is 2. The van der Waals surface area contributed by atoms with Crippen molar-refractivity contribution >= 4 is 20.9 Å². The summed E-state index contributed by atoms with van der Waals surface area (Å²) < 4.78 is 45.2. The molecule has 4 rings (SSSR count). The van der Waals surface area contributed by atoms with Gasteiger partial charge in [0.05, 0.1) is 18.6 Å². The molecule has 1 atom stereocenters. The van der Waals surface area contributed by atoms with Gasteiger partial charge in [0, 0.05) is 36.7 Å². The van der Waals surface area contributed by atoms with Crippen molar-refractivity contribution in [3.8, 4) is 11.5 Å². The van der Waals surface area contributed by atoms with Gasteiger partial charge in [-0.2, -0.15) is 0 Å². The van der Waals surface area contributed by atoms with Gasteiger partial charge < -0.3 is 19.2 Å². The van der Waals surface area contributed by atoms with Crippen LogP contribution in [0.4, 0.5) is 0 Å². The average Bonchev–Trinajstić information content (AvgIpc) is 3.29. The Kier molecular flexibility index (Phi) is 7.75. The minimum Gasteiger partial charge on any atom is -0.497 e. The number of para-hydroxylation sites is 1. The van der Waals surface area contributed by atoms with Crippen molar-refractivity contribution < 1.29 is 22.6 Å². The van der Waals surface area contributed by atoms with Crippen molar-refractivity contribution in [3.63, 3.8) is 0 Å². The fourth-order valence-corrected chi connectivity index (χ4v) is 5.22. The molecule has 4 aromatic rings. The molecule has 1 heterocycles. The van der Waals surface area contributed by atoms with Crippen molar-refractivity contribution in [1.29, 1.82) is 0 Å². The summed E-state index contributed by atoms with van der Waals surface area (Å²) in [6.07, 6.45) is 1.95. The standard InChI is InChI=1S/C27H30N2O5S/c1-19-16-22(12-13-27(19)34-15-14-32-2)35(30,31)29-18-24(20-8-10-21(33-3)11-9-20)25-17-28-26-7-5-4-6-23(25)26/h4-13,16-17,24,28-29H,14-15,18H2,1-3H3. The largest absolute Gasteiger partial charge is 0.497 e. The molecule has 8 heteroatoms. The van der Waals surface area contributed by atoms with Gasteiger partial charge in [0.1, 0.15) is 18.1 Å². The van der Waals surface area contributed by atoms with E-state index in [9.17, 15) is 8.42 Å². The van der Waals surface area contributed by atoms with E-state index in [1.54, 1.807) is 32.4 Å². The minimum atomic E-state index is -3.75. The molecule has 0 amide bonds. The van der Waals surface area contributed by atoms with Crippen molar-refractivity contribution in [2.75, 3.05) is 34.0 Å². The summed E-state index contributed by atoms with van der Waals surface area (Å²) >= 11 is 0. The molecule has 3 aromatic carbocycles. The maximum absolute atomic E-state index is 13.2. The first-order valence-electron chi connectivity index (χ1n) is 11.3. The van der Waals surface area contributed by atoms with Crippen LogP contribution in [0.1, 0.15) is 22.6 Å². The molecule has 1 unspecified atom stereocenters. The first-order chi connectivity index (χ1) is 16.9. The summed E-state index contributed by atoms with van der Waals surface area (Å²) in [6, 6.07) is 20.6. The lowest BCUT2D eigenvalue weighted by atomic mass is 9.91. The lowest BCUT2D eigenvalue weighted by Crippen LogP contribution is -2.29. The van der Waals surface area contributed by atoms with E-state index in [0.29, 0.717) is 19.0 Å². The summed E-state index contributed by atoms with van der Waals surface area (Å²) in [5, 5.41) is 1.06. The Hall–Kier alpha value is -3.33. The SMILES string of the molecule is COCCOc1ccc(S(=O)(=O)NCC(c2ccc(OC)cc2)c2c[nH]c3ccccc23)cc1C. The van der Waals surface area contributed by atoms with Gasteiger partial charge in [-0.1, -0.05) is 30.3 Å². The number of sulfonamides is 1. The van der Waals surface area contributed by atoms with Crippen molar-refractivity contribution in [2.45, 2.75) is 17.7 Å². The van der Waals surface area contributed by atoms with Gasteiger partial charge >= 0.3 is 0 Å². The van der Waals surface area contributed by atoms with Gasteiger partial charge in [0.15, 0.2) is 0 Å². The van der Waals surface area contributed by atoms with Gasteiger partial charge in [-0.25, -0.2) is 13.1 Å². The fourth-order valence-electron chi connectivity index (χ4n) is 4.09. The number of hydrogen-bond acceptors (Lipinski definition) is 5. The Morgan fingerprint density at radius 1 is 0.971 bits per heavy atom. The van der Waals surface area contributed by atoms with Crippen LogP contribution in [0.5, 0.6) is 11.5 Å². The molecule has 1 aromatic heterocycles. The molecule has 0 fully saturated rings. The molecule has 35 heavy (non-hydrogen) atoms. The highest BCUT2D eigenvalue weighted by Gasteiger charge is 2.22. The van der Waals surface area contributed by atoms with Crippen molar-refractivity contribution in [2.24, 2.45) is 0 Å². The summed E-state index contributed by atoms with van der Waals surface area (Å²) in [5.74, 6) is 1.18. The highest BCUT2D eigenvalue weighted by atomic mass is 32.2. The fraction of sp³-hybridized carbons (Fsp3) is 0.259. The number of aromatic nitrogens is 1. The Morgan fingerprint density at radius 2 is 1.74 bits per heavy atom. The predicted molar refractivity (Wildman–Crippen MR) is 137 cm³/mol. The van der Waals surface area contributed by atoms with Crippen molar-refractivity contribution in [3.05, 3.63) is 89.6 Å². The molecule has 2 N–H and O–H groups in total. The maximum Gasteiger partial charge on any atom is 0.240 e. The van der Waals surface area contributed by atoms with Crippen LogP contribution in [0.25, 0.3) is 10.9 Å². The number of aryl methyl sites for hydroxylation is 1. The molecule has 0 spiro atoms. The predicted octanol–water partition coefficient (Wildman–Crippen LogP) is 4.62. The van der Waals surface area contributed by atoms with Gasteiger partial charge in [0.25, 0.3) is 0 Å². The Morgan fingerprint density at radius 3 is 2.46 bits per heavy atom. The van der Waals surface area contributed by atoms with Crippen LogP contribution in [-0.4, -0.2) is 47.4 Å². The zero-order valence-electron chi connectivity index (χ0n) is 20.1. The van der Waals surface area contributed by atoms with E-state index in [1.807, 2.05) is 61.7 Å². The first kappa shape index (κ1) is 24.8. The highest BCUT2D eigenvalue weighted by molar-refractivity contribution is 7.89. The third kappa shape index (κ3) is 5.67. The summed E-state index contributed by atoms with van der Waals surface area (Å²) in [7, 11) is -0.525. The molecule has 184 valence electrons. The number of ether oxygens (including phenoxy) is 3. The van der Waals surface area contributed by atoms with Gasteiger partial charge in [-0.15, -0.1) is 0 Å². The topological polar surface area (TPSA) is 89.7 Å². The quantitative estimate of drug-likeness (QED) is 0.297. The zero-order chi connectivity index (χ0) is 24.8. The van der Waals surface area contributed by atoms with Crippen LogP contribution < -0.4 is 14.2 Å². The second-order valence-electron chi connectivity index (χ2n) is 8.24. The van der Waals surface area contributed by atoms with Crippen molar-refractivity contribution in [1.82, 2.24) is 9.71 Å². The third-order valence-electron chi connectivity index (χ3n) is 5.99. The van der Waals surface area contributed by atoms with Gasteiger partial charge in [0.2, 0.25) is 10.0 Å². The van der Waals surface area contributed by atoms with Crippen LogP contribution in [0.15, 0.2) is 77.8 Å². The Labute approximate surface area is 206 Å². The number of methoxy groups -OCH3 is 2. The smallest absolute Gasteiger partial charge is 0.240 e. The monoisotopic (exact) mass is 494 g/mol. The normalized spacial score (nSPS) is 12.5. The van der Waals surface area contributed by atoms with Crippen LogP contribution >= 0.6 is 0 Å². The molecule has 0 saturated carbocycles. The lowest BCUT2D eigenvalue weighted by molar-refractivity contribution is 0.146. The number of rotatable bonds is 11. The van der Waals surface area contributed by atoms with E-state index in [-0.39, 0.29) is 17.4 Å². The third-order valence-corrected chi connectivity index (χ3v) is 7.42. The van der Waals surface area contributed by atoms with Crippen LogP contribution in [0, 0.1) is 6.92 Å². The van der Waals surface area contributed by atoms with E-state index in [2.05, 4.69) is 9.71 Å². The van der Waals surface area contributed by atoms with E-state index in [0.717, 1.165) is 33.3 Å². The molecule has 0 bridgehead atoms. The minimum absolute atomic E-state index is 0.196. The van der Waals surface area contributed by atoms with E-state index >= 15 is 0 Å². The first-order valence-corrected chi connectivity index (χ1v) is 12.8.